The lowest BCUT2D eigenvalue weighted by Gasteiger charge is -2.29. The molecule has 4 aromatic rings. The number of allylic oxidation sites excluding steroid dienone is 1. The first kappa shape index (κ1) is 29.5. The van der Waals surface area contributed by atoms with E-state index in [0.29, 0.717) is 51.3 Å². The Bertz CT molecular complexity index is 1620. The van der Waals surface area contributed by atoms with Crippen LogP contribution in [0.1, 0.15) is 49.1 Å². The molecule has 1 aliphatic heterocycles. The Morgan fingerprint density at radius 3 is 2.55 bits per heavy atom. The number of carbonyl (C=O) groups is 1. The maximum atomic E-state index is 13.4. The number of benzene rings is 3. The molecule has 0 amide bonds. The zero-order chi connectivity index (χ0) is 29.8. The number of carbonyl (C=O) groups excluding carboxylic acids is 1. The van der Waals surface area contributed by atoms with Gasteiger partial charge in [-0.15, -0.1) is 5.10 Å². The van der Waals surface area contributed by atoms with Crippen LogP contribution in [0, 0.1) is 6.92 Å². The molecule has 1 atom stereocenters. The second kappa shape index (κ2) is 12.9. The monoisotopic (exact) mass is 604 g/mol. The molecule has 1 aromatic heterocycles. The van der Waals surface area contributed by atoms with Gasteiger partial charge in [0.15, 0.2) is 11.5 Å². The van der Waals surface area contributed by atoms with Crippen molar-refractivity contribution in [1.82, 2.24) is 14.8 Å². The van der Waals surface area contributed by atoms with Gasteiger partial charge < -0.3 is 19.5 Å². The maximum Gasteiger partial charge on any atom is 0.338 e. The third kappa shape index (κ3) is 6.58. The fourth-order valence-corrected chi connectivity index (χ4v) is 5.73. The van der Waals surface area contributed by atoms with Crippen molar-refractivity contribution in [3.8, 4) is 11.5 Å². The van der Waals surface area contributed by atoms with E-state index in [1.807, 2.05) is 75.4 Å². The molecule has 0 saturated heterocycles. The van der Waals surface area contributed by atoms with E-state index >= 15 is 0 Å². The second-order valence-corrected chi connectivity index (χ2v) is 11.6. The zero-order valence-electron chi connectivity index (χ0n) is 24.2. The third-order valence-corrected chi connectivity index (χ3v) is 7.98. The first-order valence-electron chi connectivity index (χ1n) is 13.6. The fourth-order valence-electron chi connectivity index (χ4n) is 4.62. The minimum atomic E-state index is -0.602. The number of halogens is 1. The van der Waals surface area contributed by atoms with E-state index in [9.17, 15) is 4.79 Å². The maximum absolute atomic E-state index is 13.4. The summed E-state index contributed by atoms with van der Waals surface area (Å²) in [5.74, 6) is 1.84. The average molecular weight is 605 g/mol. The summed E-state index contributed by atoms with van der Waals surface area (Å²) in [6.07, 6.45) is -0.288. The van der Waals surface area contributed by atoms with Crippen molar-refractivity contribution in [2.75, 3.05) is 12.4 Å². The number of methoxy groups -OCH3 is 1. The SMILES string of the molecule is COc1cc(C2C(C(=O)OC(C)C)=C(C)Nc3nc(SCc4ccccc4Cl)nn32)ccc1OCc1ccc(C)cc1. The van der Waals surface area contributed by atoms with Gasteiger partial charge in [-0.3, -0.25) is 0 Å². The standard InChI is InChI=1S/C32H33ClN4O4S/c1-19(2)41-30(38)28-21(4)34-31-35-32(42-18-24-8-6-7-9-25(24)33)36-37(31)29(28)23-14-15-26(27(16-23)39-5)40-17-22-12-10-20(3)11-13-22/h6-16,19,29H,17-18H2,1-5H3,(H,34,35,36). The number of aryl methyl sites for hydroxylation is 1. The molecule has 0 fully saturated rings. The van der Waals surface area contributed by atoms with Crippen LogP contribution in [-0.2, 0) is 21.9 Å². The molecular formula is C32H33ClN4O4S. The molecule has 218 valence electrons. The largest absolute Gasteiger partial charge is 0.493 e. The minimum Gasteiger partial charge on any atom is -0.493 e. The molecule has 1 N–H and O–H groups in total. The van der Waals surface area contributed by atoms with Gasteiger partial charge in [0.2, 0.25) is 11.1 Å². The Balaban J connectivity index is 1.48. The van der Waals surface area contributed by atoms with Gasteiger partial charge in [0, 0.05) is 16.5 Å². The van der Waals surface area contributed by atoms with E-state index in [-0.39, 0.29) is 6.10 Å². The Kier molecular flexibility index (Phi) is 9.09. The van der Waals surface area contributed by atoms with Gasteiger partial charge in [-0.2, -0.15) is 4.98 Å². The average Bonchev–Trinajstić information content (AvgIpc) is 3.37. The predicted octanol–water partition coefficient (Wildman–Crippen LogP) is 7.36. The molecule has 1 aliphatic rings. The van der Waals surface area contributed by atoms with Crippen molar-refractivity contribution >= 4 is 35.3 Å². The lowest BCUT2D eigenvalue weighted by atomic mass is 9.95. The third-order valence-electron chi connectivity index (χ3n) is 6.73. The van der Waals surface area contributed by atoms with Crippen molar-refractivity contribution < 1.29 is 19.0 Å². The topological polar surface area (TPSA) is 87.5 Å². The number of aromatic nitrogens is 3. The lowest BCUT2D eigenvalue weighted by molar-refractivity contribution is -0.143. The van der Waals surface area contributed by atoms with Gasteiger partial charge in [-0.1, -0.05) is 77.5 Å². The highest BCUT2D eigenvalue weighted by molar-refractivity contribution is 7.98. The van der Waals surface area contributed by atoms with Crippen LogP contribution in [0.25, 0.3) is 0 Å². The molecule has 8 nitrogen and oxygen atoms in total. The Morgan fingerprint density at radius 1 is 1.07 bits per heavy atom. The van der Waals surface area contributed by atoms with Gasteiger partial charge in [-0.25, -0.2) is 9.48 Å². The van der Waals surface area contributed by atoms with E-state index in [0.717, 1.165) is 16.7 Å². The molecule has 1 unspecified atom stereocenters. The summed E-state index contributed by atoms with van der Waals surface area (Å²) in [5.41, 5.74) is 5.10. The number of hydrogen-bond donors (Lipinski definition) is 1. The summed E-state index contributed by atoms with van der Waals surface area (Å²) >= 11 is 7.83. The van der Waals surface area contributed by atoms with Crippen molar-refractivity contribution in [3.63, 3.8) is 0 Å². The number of hydrogen-bond acceptors (Lipinski definition) is 8. The number of anilines is 1. The van der Waals surface area contributed by atoms with Crippen molar-refractivity contribution in [3.05, 3.63) is 105 Å². The molecule has 0 spiro atoms. The molecule has 5 rings (SSSR count). The number of esters is 1. The summed E-state index contributed by atoms with van der Waals surface area (Å²) in [4.78, 5) is 18.1. The van der Waals surface area contributed by atoms with Gasteiger partial charge in [-0.05, 0) is 62.6 Å². The Hall–Kier alpha value is -3.95. The van der Waals surface area contributed by atoms with Crippen LogP contribution in [0.5, 0.6) is 11.5 Å². The van der Waals surface area contributed by atoms with Gasteiger partial charge in [0.1, 0.15) is 12.6 Å². The summed E-state index contributed by atoms with van der Waals surface area (Å²) in [6, 6.07) is 20.9. The van der Waals surface area contributed by atoms with Crippen molar-refractivity contribution in [2.45, 2.75) is 57.4 Å². The predicted molar refractivity (Wildman–Crippen MR) is 165 cm³/mol. The fraction of sp³-hybridized carbons (Fsp3) is 0.281. The van der Waals surface area contributed by atoms with Crippen molar-refractivity contribution in [2.24, 2.45) is 0 Å². The number of rotatable bonds is 10. The van der Waals surface area contributed by atoms with Crippen LogP contribution in [0.2, 0.25) is 5.02 Å². The minimum absolute atomic E-state index is 0.288. The number of ether oxygens (including phenoxy) is 3. The molecule has 0 saturated carbocycles. The molecule has 2 heterocycles. The molecule has 0 aliphatic carbocycles. The van der Waals surface area contributed by atoms with Crippen LogP contribution >= 0.6 is 23.4 Å². The van der Waals surface area contributed by atoms with Crippen LogP contribution in [0.4, 0.5) is 5.95 Å². The summed E-state index contributed by atoms with van der Waals surface area (Å²) in [6.45, 7) is 7.94. The Morgan fingerprint density at radius 2 is 1.83 bits per heavy atom. The highest BCUT2D eigenvalue weighted by atomic mass is 35.5. The van der Waals surface area contributed by atoms with E-state index in [1.54, 1.807) is 11.8 Å². The molecular weight excluding hydrogens is 572 g/mol. The summed E-state index contributed by atoms with van der Waals surface area (Å²) in [5, 5.41) is 9.31. The van der Waals surface area contributed by atoms with E-state index in [4.69, 9.17) is 35.9 Å². The van der Waals surface area contributed by atoms with Gasteiger partial charge >= 0.3 is 5.97 Å². The normalized spacial score (nSPS) is 14.4. The van der Waals surface area contributed by atoms with Gasteiger partial charge in [0.05, 0.1) is 18.8 Å². The van der Waals surface area contributed by atoms with Gasteiger partial charge in [0.25, 0.3) is 0 Å². The van der Waals surface area contributed by atoms with Crippen LogP contribution < -0.4 is 14.8 Å². The van der Waals surface area contributed by atoms with E-state index < -0.39 is 12.0 Å². The molecule has 0 bridgehead atoms. The van der Waals surface area contributed by atoms with Crippen molar-refractivity contribution in [1.29, 1.82) is 0 Å². The van der Waals surface area contributed by atoms with Crippen LogP contribution in [0.3, 0.4) is 0 Å². The van der Waals surface area contributed by atoms with E-state index in [2.05, 4.69) is 24.4 Å². The smallest absolute Gasteiger partial charge is 0.338 e. The lowest BCUT2D eigenvalue weighted by Crippen LogP contribution is -2.30. The van der Waals surface area contributed by atoms with E-state index in [1.165, 1.54) is 17.3 Å². The molecule has 3 aromatic carbocycles. The van der Waals surface area contributed by atoms with Crippen LogP contribution in [0.15, 0.2) is 83.2 Å². The highest BCUT2D eigenvalue weighted by Gasteiger charge is 2.36. The first-order valence-corrected chi connectivity index (χ1v) is 15.0. The number of nitrogens with zero attached hydrogens (tertiary/aromatic N) is 3. The number of thioether (sulfide) groups is 1. The number of nitrogens with one attached hydrogen (secondary N) is 1. The first-order chi connectivity index (χ1) is 20.2. The number of fused-ring (bicyclic) bond motifs is 1. The quantitative estimate of drug-likeness (QED) is 0.148. The molecule has 0 radical (unpaired) electrons. The summed E-state index contributed by atoms with van der Waals surface area (Å²) < 4.78 is 19.2. The zero-order valence-corrected chi connectivity index (χ0v) is 25.8. The highest BCUT2D eigenvalue weighted by Crippen LogP contribution is 2.40. The summed E-state index contributed by atoms with van der Waals surface area (Å²) in [7, 11) is 1.60. The molecule has 10 heteroatoms. The Labute approximate surface area is 255 Å². The second-order valence-electron chi connectivity index (χ2n) is 10.2. The molecule has 42 heavy (non-hydrogen) atoms. The van der Waals surface area contributed by atoms with Crippen LogP contribution in [-0.4, -0.2) is 33.9 Å².